The predicted molar refractivity (Wildman–Crippen MR) is 233 cm³/mol. The molecule has 7 aromatic carbocycles. The predicted octanol–water partition coefficient (Wildman–Crippen LogP) is 13.5. The lowest BCUT2D eigenvalue weighted by atomic mass is 9.54. The van der Waals surface area contributed by atoms with Crippen LogP contribution in [0.3, 0.4) is 0 Å². The minimum atomic E-state index is 0.257. The molecule has 1 heterocycles. The first kappa shape index (κ1) is 35.0. The largest absolute Gasteiger partial charge is 0.208 e. The topological polar surface area (TPSA) is 62.5 Å². The van der Waals surface area contributed by atoms with Crippen LogP contribution in [0.25, 0.3) is 78.0 Å². The quantitative estimate of drug-likeness (QED) is 0.170. The molecule has 0 saturated heterocycles. The molecule has 1 aromatic heterocycles. The monoisotopic (exact) mass is 736 g/mol. The Hall–Kier alpha value is -6.44. The molecule has 4 heteroatoms. The Morgan fingerprint density at radius 3 is 1.74 bits per heavy atom. The maximum absolute atomic E-state index is 9.64. The Morgan fingerprint density at radius 1 is 0.491 bits per heavy atom. The van der Waals surface area contributed by atoms with Gasteiger partial charge in [-0.3, -0.25) is 0 Å². The SMILES string of the molecule is C[C@@H]1CC2C[C@H](C)CC(c3ccc(-c4nc(-c5ccc(-c6cccc7ccccc67)cc5)nc(-c5ccc(-c6cccc(C#N)c6)c6ccccc56)n4)cc3)(C2)C1. The summed E-state index contributed by atoms with van der Waals surface area (Å²) >= 11 is 0. The summed E-state index contributed by atoms with van der Waals surface area (Å²) in [5, 5.41) is 14.2. The van der Waals surface area contributed by atoms with Gasteiger partial charge in [-0.25, -0.2) is 15.0 Å². The number of hydrogen-bond acceptors (Lipinski definition) is 4. The lowest BCUT2D eigenvalue weighted by Gasteiger charge is -2.50. The second-order valence-corrected chi connectivity index (χ2v) is 16.8. The summed E-state index contributed by atoms with van der Waals surface area (Å²) in [5.41, 5.74) is 9.66. The summed E-state index contributed by atoms with van der Waals surface area (Å²) < 4.78 is 0. The molecule has 276 valence electrons. The molecule has 57 heavy (non-hydrogen) atoms. The van der Waals surface area contributed by atoms with Crippen LogP contribution >= 0.6 is 0 Å². The molecule has 8 aromatic rings. The van der Waals surface area contributed by atoms with Gasteiger partial charge in [0.2, 0.25) is 0 Å². The van der Waals surface area contributed by atoms with Gasteiger partial charge in [-0.05, 0) is 123 Å². The van der Waals surface area contributed by atoms with Gasteiger partial charge in [-0.15, -0.1) is 0 Å². The average molecular weight is 737 g/mol. The smallest absolute Gasteiger partial charge is 0.164 e. The van der Waals surface area contributed by atoms with E-state index in [-0.39, 0.29) is 5.41 Å². The number of nitriles is 1. The van der Waals surface area contributed by atoms with E-state index in [9.17, 15) is 5.26 Å². The molecule has 0 radical (unpaired) electrons. The third-order valence-corrected chi connectivity index (χ3v) is 12.7. The van der Waals surface area contributed by atoms with Crippen LogP contribution in [0.2, 0.25) is 0 Å². The molecule has 4 nitrogen and oxygen atoms in total. The molecule has 0 aliphatic heterocycles. The van der Waals surface area contributed by atoms with E-state index in [0.717, 1.165) is 61.9 Å². The van der Waals surface area contributed by atoms with Gasteiger partial charge in [0.1, 0.15) is 0 Å². The summed E-state index contributed by atoms with van der Waals surface area (Å²) in [6, 6.07) is 55.6. The second-order valence-electron chi connectivity index (χ2n) is 16.8. The van der Waals surface area contributed by atoms with Gasteiger partial charge in [0.15, 0.2) is 17.5 Å². The van der Waals surface area contributed by atoms with Crippen molar-refractivity contribution in [1.29, 1.82) is 5.26 Å². The van der Waals surface area contributed by atoms with E-state index in [2.05, 4.69) is 153 Å². The fourth-order valence-corrected chi connectivity index (χ4v) is 10.6. The van der Waals surface area contributed by atoms with Crippen LogP contribution in [0.1, 0.15) is 57.1 Å². The first-order valence-electron chi connectivity index (χ1n) is 20.4. The Balaban J connectivity index is 1.09. The highest BCUT2D eigenvalue weighted by molar-refractivity contribution is 6.04. The Kier molecular flexibility index (Phi) is 8.75. The van der Waals surface area contributed by atoms with Crippen LogP contribution < -0.4 is 0 Å². The van der Waals surface area contributed by atoms with Crippen molar-refractivity contribution in [1.82, 2.24) is 15.0 Å². The molecular formula is C53H44N4. The van der Waals surface area contributed by atoms with Gasteiger partial charge in [0.05, 0.1) is 11.6 Å². The molecule has 10 rings (SSSR count). The van der Waals surface area contributed by atoms with Gasteiger partial charge < -0.3 is 0 Å². The number of aromatic nitrogens is 3. The fraction of sp³-hybridized carbons (Fsp3) is 0.208. The van der Waals surface area contributed by atoms with E-state index in [1.54, 1.807) is 0 Å². The van der Waals surface area contributed by atoms with Crippen molar-refractivity contribution in [3.8, 4) is 62.5 Å². The maximum Gasteiger partial charge on any atom is 0.164 e. The summed E-state index contributed by atoms with van der Waals surface area (Å²) in [6.07, 6.45) is 6.58. The van der Waals surface area contributed by atoms with Crippen LogP contribution in [0.4, 0.5) is 0 Å². The third-order valence-electron chi connectivity index (χ3n) is 12.7. The first-order valence-corrected chi connectivity index (χ1v) is 20.4. The molecule has 4 atom stereocenters. The summed E-state index contributed by atoms with van der Waals surface area (Å²) in [4.78, 5) is 15.6. The zero-order valence-electron chi connectivity index (χ0n) is 32.5. The van der Waals surface area contributed by atoms with Crippen molar-refractivity contribution in [3.05, 3.63) is 163 Å². The van der Waals surface area contributed by atoms with Gasteiger partial charge in [-0.2, -0.15) is 5.26 Å². The number of rotatable bonds is 6. The van der Waals surface area contributed by atoms with Crippen LogP contribution in [0, 0.1) is 29.1 Å². The highest BCUT2D eigenvalue weighted by Gasteiger charge is 2.45. The second kappa shape index (κ2) is 14.3. The Labute approximate surface area is 334 Å². The van der Waals surface area contributed by atoms with Crippen LogP contribution in [0.15, 0.2) is 152 Å². The first-order chi connectivity index (χ1) is 27.9. The number of hydrogen-bond donors (Lipinski definition) is 0. The van der Waals surface area contributed by atoms with Crippen molar-refractivity contribution in [2.45, 2.75) is 51.4 Å². The molecule has 2 bridgehead atoms. The zero-order valence-corrected chi connectivity index (χ0v) is 32.5. The molecule has 2 fully saturated rings. The van der Waals surface area contributed by atoms with E-state index in [1.165, 1.54) is 54.0 Å². The fourth-order valence-electron chi connectivity index (χ4n) is 10.6. The van der Waals surface area contributed by atoms with E-state index < -0.39 is 0 Å². The van der Waals surface area contributed by atoms with Crippen molar-refractivity contribution < 1.29 is 0 Å². The highest BCUT2D eigenvalue weighted by Crippen LogP contribution is 2.54. The Morgan fingerprint density at radius 2 is 1.04 bits per heavy atom. The van der Waals surface area contributed by atoms with Crippen LogP contribution in [-0.2, 0) is 5.41 Å². The minimum absolute atomic E-state index is 0.257. The van der Waals surface area contributed by atoms with Gasteiger partial charge in [0.25, 0.3) is 0 Å². The van der Waals surface area contributed by atoms with E-state index >= 15 is 0 Å². The number of nitrogens with zero attached hydrogens (tertiary/aromatic N) is 4. The molecule has 0 spiro atoms. The van der Waals surface area contributed by atoms with Crippen molar-refractivity contribution in [2.75, 3.05) is 0 Å². The molecule has 0 N–H and O–H groups in total. The average Bonchev–Trinajstić information content (AvgIpc) is 3.25. The summed E-state index contributed by atoms with van der Waals surface area (Å²) in [5.74, 6) is 4.28. The molecule has 2 aliphatic carbocycles. The lowest BCUT2D eigenvalue weighted by molar-refractivity contribution is 0.0780. The summed E-state index contributed by atoms with van der Waals surface area (Å²) in [7, 11) is 0. The van der Waals surface area contributed by atoms with Crippen molar-refractivity contribution in [2.24, 2.45) is 17.8 Å². The maximum atomic E-state index is 9.64. The molecular weight excluding hydrogens is 693 g/mol. The lowest BCUT2D eigenvalue weighted by Crippen LogP contribution is -2.42. The molecule has 0 amide bonds. The van der Waals surface area contributed by atoms with Crippen LogP contribution in [-0.4, -0.2) is 15.0 Å². The van der Waals surface area contributed by atoms with E-state index in [4.69, 9.17) is 15.0 Å². The molecule has 2 saturated carbocycles. The third kappa shape index (κ3) is 6.48. The van der Waals surface area contributed by atoms with Gasteiger partial charge in [0, 0.05) is 16.7 Å². The number of benzene rings is 7. The molecule has 2 aliphatic rings. The molecule has 2 unspecified atom stereocenters. The van der Waals surface area contributed by atoms with Crippen molar-refractivity contribution in [3.63, 3.8) is 0 Å². The Bertz CT molecular complexity index is 2810. The van der Waals surface area contributed by atoms with E-state index in [1.807, 2.05) is 18.2 Å². The highest BCUT2D eigenvalue weighted by atomic mass is 15.0. The zero-order chi connectivity index (χ0) is 38.5. The number of fused-ring (bicyclic) bond motifs is 4. The van der Waals surface area contributed by atoms with Gasteiger partial charge in [-0.1, -0.05) is 147 Å². The summed E-state index contributed by atoms with van der Waals surface area (Å²) in [6.45, 7) is 4.90. The normalized spacial score (nSPS) is 20.3. The minimum Gasteiger partial charge on any atom is -0.208 e. The van der Waals surface area contributed by atoms with E-state index in [0.29, 0.717) is 23.0 Å². The van der Waals surface area contributed by atoms with Gasteiger partial charge >= 0.3 is 0 Å². The van der Waals surface area contributed by atoms with Crippen molar-refractivity contribution >= 4 is 21.5 Å². The standard InChI is InChI=1S/C53H44N4/c1-34-27-37-28-35(2)31-53(30-34,32-37)43-23-21-41(22-24-43)51-55-50(40-19-17-39(18-20-40)45-16-8-11-38-10-3-4-13-44(38)45)56-52(57-51)49-26-25-46(47-14-5-6-15-48(47)49)42-12-7-9-36(29-42)33-54/h3-26,29,34-35,37H,27-28,30-32H2,1-2H3/t34-,35+,37?,53?. The van der Waals surface area contributed by atoms with Crippen LogP contribution in [0.5, 0.6) is 0 Å².